The average molecular weight is 321 g/mol. The minimum Gasteiger partial charge on any atom is -0.311 e. The molecule has 0 bridgehead atoms. The van der Waals surface area contributed by atoms with Gasteiger partial charge < -0.3 is 5.32 Å². The van der Waals surface area contributed by atoms with E-state index >= 15 is 0 Å². The van der Waals surface area contributed by atoms with Gasteiger partial charge in [0, 0.05) is 11.0 Å². The van der Waals surface area contributed by atoms with Gasteiger partial charge in [0.25, 0.3) is 0 Å². The minimum absolute atomic E-state index is 0.759. The SMILES string of the molecule is Brc1cccc(Cn2cc(CNCC3CC3)nn2)c1. The zero-order valence-corrected chi connectivity index (χ0v) is 12.3. The van der Waals surface area contributed by atoms with Crippen molar-refractivity contribution < 1.29 is 0 Å². The summed E-state index contributed by atoms with van der Waals surface area (Å²) in [6, 6.07) is 8.26. The van der Waals surface area contributed by atoms with E-state index < -0.39 is 0 Å². The van der Waals surface area contributed by atoms with Crippen molar-refractivity contribution in [1.82, 2.24) is 20.3 Å². The van der Waals surface area contributed by atoms with Crippen molar-refractivity contribution in [2.75, 3.05) is 6.54 Å². The van der Waals surface area contributed by atoms with Gasteiger partial charge in [-0.05, 0) is 43.0 Å². The first kappa shape index (κ1) is 12.8. The molecule has 1 aliphatic rings. The molecule has 0 atom stereocenters. The zero-order valence-electron chi connectivity index (χ0n) is 10.7. The second-order valence-corrected chi connectivity index (χ2v) is 6.03. The summed E-state index contributed by atoms with van der Waals surface area (Å²) in [7, 11) is 0. The highest BCUT2D eigenvalue weighted by Crippen LogP contribution is 2.27. The summed E-state index contributed by atoms with van der Waals surface area (Å²) in [5.41, 5.74) is 2.23. The van der Waals surface area contributed by atoms with Gasteiger partial charge in [0.2, 0.25) is 0 Å². The van der Waals surface area contributed by atoms with Gasteiger partial charge >= 0.3 is 0 Å². The fraction of sp³-hybridized carbons (Fsp3) is 0.429. The third kappa shape index (κ3) is 3.88. The number of nitrogens with one attached hydrogen (secondary N) is 1. The van der Waals surface area contributed by atoms with Gasteiger partial charge in [0.15, 0.2) is 0 Å². The second kappa shape index (κ2) is 5.84. The predicted octanol–water partition coefficient (Wildman–Crippen LogP) is 2.59. The molecule has 0 aliphatic heterocycles. The lowest BCUT2D eigenvalue weighted by Gasteiger charge is -2.01. The molecular formula is C14H17BrN4. The van der Waals surface area contributed by atoms with Crippen LogP contribution < -0.4 is 5.32 Å². The van der Waals surface area contributed by atoms with E-state index in [1.54, 1.807) is 0 Å². The second-order valence-electron chi connectivity index (χ2n) is 5.11. The molecule has 2 aromatic rings. The van der Waals surface area contributed by atoms with Gasteiger partial charge in [0.05, 0.1) is 18.4 Å². The van der Waals surface area contributed by atoms with Crippen LogP contribution in [-0.4, -0.2) is 21.5 Å². The molecule has 0 saturated heterocycles. The van der Waals surface area contributed by atoms with E-state index in [0.717, 1.165) is 35.7 Å². The molecule has 1 fully saturated rings. The number of halogens is 1. The quantitative estimate of drug-likeness (QED) is 0.889. The highest BCUT2D eigenvalue weighted by atomic mass is 79.9. The summed E-state index contributed by atoms with van der Waals surface area (Å²) in [6.07, 6.45) is 4.77. The summed E-state index contributed by atoms with van der Waals surface area (Å²) >= 11 is 3.48. The summed E-state index contributed by atoms with van der Waals surface area (Å²) in [5, 5.41) is 11.8. The Morgan fingerprint density at radius 2 is 2.26 bits per heavy atom. The van der Waals surface area contributed by atoms with Gasteiger partial charge in [-0.25, -0.2) is 4.68 Å². The fourth-order valence-corrected chi connectivity index (χ4v) is 2.49. The maximum Gasteiger partial charge on any atom is 0.0964 e. The molecule has 1 aliphatic carbocycles. The van der Waals surface area contributed by atoms with Crippen molar-refractivity contribution in [2.45, 2.75) is 25.9 Å². The smallest absolute Gasteiger partial charge is 0.0964 e. The normalized spacial score (nSPS) is 14.8. The molecule has 1 saturated carbocycles. The lowest BCUT2D eigenvalue weighted by atomic mass is 10.2. The Balaban J connectivity index is 1.54. The van der Waals surface area contributed by atoms with Crippen LogP contribution in [-0.2, 0) is 13.1 Å². The standard InChI is InChI=1S/C14H17BrN4/c15-13-3-1-2-12(6-13)9-19-10-14(17-18-19)8-16-7-11-4-5-11/h1-3,6,10-11,16H,4-5,7-9H2. The molecule has 100 valence electrons. The lowest BCUT2D eigenvalue weighted by molar-refractivity contribution is 0.627. The minimum atomic E-state index is 0.759. The van der Waals surface area contributed by atoms with Crippen LogP contribution in [0.3, 0.4) is 0 Å². The Labute approximate surface area is 121 Å². The molecular weight excluding hydrogens is 304 g/mol. The predicted molar refractivity (Wildman–Crippen MR) is 77.7 cm³/mol. The van der Waals surface area contributed by atoms with Crippen LogP contribution in [0, 0.1) is 5.92 Å². The molecule has 0 radical (unpaired) electrons. The molecule has 1 aromatic carbocycles. The number of nitrogens with zero attached hydrogens (tertiary/aromatic N) is 3. The van der Waals surface area contributed by atoms with E-state index in [-0.39, 0.29) is 0 Å². The molecule has 4 nitrogen and oxygen atoms in total. The van der Waals surface area contributed by atoms with E-state index in [1.807, 2.05) is 23.0 Å². The first-order chi connectivity index (χ1) is 9.29. The molecule has 1 aromatic heterocycles. The fourth-order valence-electron chi connectivity index (χ4n) is 2.05. The zero-order chi connectivity index (χ0) is 13.1. The van der Waals surface area contributed by atoms with Crippen molar-refractivity contribution in [3.05, 3.63) is 46.2 Å². The maximum absolute atomic E-state index is 4.19. The molecule has 1 N–H and O–H groups in total. The monoisotopic (exact) mass is 320 g/mol. The summed E-state index contributed by atoms with van der Waals surface area (Å²) in [6.45, 7) is 2.68. The first-order valence-corrected chi connectivity index (χ1v) is 7.43. The number of benzene rings is 1. The number of hydrogen-bond acceptors (Lipinski definition) is 3. The van der Waals surface area contributed by atoms with Crippen LogP contribution in [0.25, 0.3) is 0 Å². The van der Waals surface area contributed by atoms with E-state index in [2.05, 4.69) is 43.7 Å². The lowest BCUT2D eigenvalue weighted by Crippen LogP contribution is -2.16. The Hall–Kier alpha value is -1.20. The molecule has 19 heavy (non-hydrogen) atoms. The van der Waals surface area contributed by atoms with Crippen LogP contribution in [0.5, 0.6) is 0 Å². The number of aromatic nitrogens is 3. The number of hydrogen-bond donors (Lipinski definition) is 1. The van der Waals surface area contributed by atoms with Crippen LogP contribution in [0.4, 0.5) is 0 Å². The summed E-state index contributed by atoms with van der Waals surface area (Å²) < 4.78 is 2.98. The van der Waals surface area contributed by atoms with E-state index in [1.165, 1.54) is 18.4 Å². The third-order valence-electron chi connectivity index (χ3n) is 3.26. The number of rotatable bonds is 6. The van der Waals surface area contributed by atoms with Crippen LogP contribution in [0.15, 0.2) is 34.9 Å². The molecule has 0 unspecified atom stereocenters. The van der Waals surface area contributed by atoms with Crippen molar-refractivity contribution in [2.24, 2.45) is 5.92 Å². The Morgan fingerprint density at radius 3 is 3.05 bits per heavy atom. The van der Waals surface area contributed by atoms with Crippen molar-refractivity contribution in [1.29, 1.82) is 0 Å². The summed E-state index contributed by atoms with van der Waals surface area (Å²) in [5.74, 6) is 0.900. The van der Waals surface area contributed by atoms with Crippen molar-refractivity contribution in [3.8, 4) is 0 Å². The molecule has 0 spiro atoms. The van der Waals surface area contributed by atoms with E-state index in [0.29, 0.717) is 0 Å². The van der Waals surface area contributed by atoms with Gasteiger partial charge in [-0.1, -0.05) is 33.3 Å². The van der Waals surface area contributed by atoms with Gasteiger partial charge in [-0.2, -0.15) is 0 Å². The maximum atomic E-state index is 4.19. The largest absolute Gasteiger partial charge is 0.311 e. The highest BCUT2D eigenvalue weighted by Gasteiger charge is 2.20. The topological polar surface area (TPSA) is 42.7 Å². The Kier molecular flexibility index (Phi) is 3.94. The van der Waals surface area contributed by atoms with E-state index in [4.69, 9.17) is 0 Å². The molecule has 3 rings (SSSR count). The Bertz CT molecular complexity index is 548. The van der Waals surface area contributed by atoms with Gasteiger partial charge in [-0.3, -0.25) is 0 Å². The van der Waals surface area contributed by atoms with Crippen LogP contribution >= 0.6 is 15.9 Å². The molecule has 5 heteroatoms. The van der Waals surface area contributed by atoms with Crippen LogP contribution in [0.2, 0.25) is 0 Å². The molecule has 1 heterocycles. The Morgan fingerprint density at radius 1 is 1.37 bits per heavy atom. The highest BCUT2D eigenvalue weighted by molar-refractivity contribution is 9.10. The van der Waals surface area contributed by atoms with Gasteiger partial charge in [0.1, 0.15) is 0 Å². The van der Waals surface area contributed by atoms with Gasteiger partial charge in [-0.15, -0.1) is 5.10 Å². The average Bonchev–Trinajstić information content (AvgIpc) is 3.10. The molecule has 0 amide bonds. The summed E-state index contributed by atoms with van der Waals surface area (Å²) in [4.78, 5) is 0. The van der Waals surface area contributed by atoms with Crippen LogP contribution in [0.1, 0.15) is 24.1 Å². The van der Waals surface area contributed by atoms with Crippen molar-refractivity contribution in [3.63, 3.8) is 0 Å². The van der Waals surface area contributed by atoms with Crippen molar-refractivity contribution >= 4 is 15.9 Å². The first-order valence-electron chi connectivity index (χ1n) is 6.64. The third-order valence-corrected chi connectivity index (χ3v) is 3.75. The van der Waals surface area contributed by atoms with E-state index in [9.17, 15) is 0 Å².